The van der Waals surface area contributed by atoms with Crippen molar-refractivity contribution in [1.29, 1.82) is 0 Å². The van der Waals surface area contributed by atoms with Crippen molar-refractivity contribution < 1.29 is 24.2 Å². The molecule has 0 saturated carbocycles. The largest absolute Gasteiger partial charge is 0.480 e. The molecule has 3 N–H and O–H groups in total. The van der Waals surface area contributed by atoms with E-state index in [0.29, 0.717) is 0 Å². The molecule has 2 atom stereocenters. The van der Waals surface area contributed by atoms with Gasteiger partial charge in [0.15, 0.2) is 0 Å². The van der Waals surface area contributed by atoms with Crippen molar-refractivity contribution >= 4 is 18.0 Å². The van der Waals surface area contributed by atoms with Gasteiger partial charge in [0.1, 0.15) is 6.04 Å². The summed E-state index contributed by atoms with van der Waals surface area (Å²) in [5.41, 5.74) is -0.616. The Balaban J connectivity index is 4.44. The van der Waals surface area contributed by atoms with Crippen LogP contribution in [0.3, 0.4) is 0 Å². The van der Waals surface area contributed by atoms with Gasteiger partial charge in [0.05, 0.1) is 13.5 Å². The van der Waals surface area contributed by atoms with Crippen LogP contribution < -0.4 is 10.6 Å². The molecule has 0 aromatic heterocycles. The molecule has 0 heterocycles. The van der Waals surface area contributed by atoms with Gasteiger partial charge in [-0.2, -0.15) is 0 Å². The van der Waals surface area contributed by atoms with Crippen LogP contribution in [-0.4, -0.2) is 42.3 Å². The van der Waals surface area contributed by atoms with Crippen LogP contribution in [-0.2, 0) is 14.3 Å². The first-order valence-electron chi connectivity index (χ1n) is 5.94. The van der Waals surface area contributed by atoms with Crippen molar-refractivity contribution in [3.8, 4) is 0 Å². The van der Waals surface area contributed by atoms with E-state index in [1.54, 1.807) is 27.7 Å². The smallest absolute Gasteiger partial charge is 0.326 e. The average Bonchev–Trinajstić information content (AvgIpc) is 2.23. The summed E-state index contributed by atoms with van der Waals surface area (Å²) in [6.07, 6.45) is 0.0250. The van der Waals surface area contributed by atoms with E-state index in [1.807, 2.05) is 0 Å². The number of carbonyl (C=O) groups excluding carboxylic acids is 2. The van der Waals surface area contributed by atoms with E-state index in [1.165, 1.54) is 7.11 Å². The molecule has 7 nitrogen and oxygen atoms in total. The molecular formula is C12H22N2O5. The predicted octanol–water partition coefficient (Wildman–Crippen LogP) is 0.737. The number of aliphatic carboxylic acids is 1. The van der Waals surface area contributed by atoms with Gasteiger partial charge in [-0.05, 0) is 12.3 Å². The van der Waals surface area contributed by atoms with Crippen LogP contribution in [0.2, 0.25) is 0 Å². The highest BCUT2D eigenvalue weighted by Gasteiger charge is 2.32. The number of urea groups is 1. The minimum Gasteiger partial charge on any atom is -0.480 e. The quantitative estimate of drug-likeness (QED) is 0.641. The summed E-state index contributed by atoms with van der Waals surface area (Å²) in [4.78, 5) is 33.7. The van der Waals surface area contributed by atoms with Gasteiger partial charge in [0, 0.05) is 6.04 Å². The number of ether oxygens (including phenoxy) is 1. The van der Waals surface area contributed by atoms with E-state index >= 15 is 0 Å². The number of hydrogen-bond donors (Lipinski definition) is 3. The molecule has 0 bridgehead atoms. The van der Waals surface area contributed by atoms with Crippen LogP contribution in [0.25, 0.3) is 0 Å². The fraction of sp³-hybridized carbons (Fsp3) is 0.750. The number of esters is 1. The lowest BCUT2D eigenvalue weighted by atomic mass is 9.87. The van der Waals surface area contributed by atoms with Gasteiger partial charge in [-0.1, -0.05) is 20.8 Å². The molecule has 0 aromatic carbocycles. The van der Waals surface area contributed by atoms with Crippen molar-refractivity contribution in [3.05, 3.63) is 0 Å². The maximum atomic E-state index is 11.6. The van der Waals surface area contributed by atoms with Crippen molar-refractivity contribution in [1.82, 2.24) is 10.6 Å². The van der Waals surface area contributed by atoms with Gasteiger partial charge in [0.2, 0.25) is 0 Å². The molecule has 0 aromatic rings. The molecule has 0 fully saturated rings. The molecule has 0 rings (SSSR count). The van der Waals surface area contributed by atoms with E-state index in [0.717, 1.165) is 0 Å². The summed E-state index contributed by atoms with van der Waals surface area (Å²) in [6, 6.07) is -2.08. The third-order valence-corrected chi connectivity index (χ3v) is 2.47. The normalized spacial score (nSPS) is 14.2. The van der Waals surface area contributed by atoms with Crippen LogP contribution in [0.5, 0.6) is 0 Å². The van der Waals surface area contributed by atoms with Gasteiger partial charge >= 0.3 is 18.0 Å². The fourth-order valence-electron chi connectivity index (χ4n) is 1.43. The monoisotopic (exact) mass is 274 g/mol. The average molecular weight is 274 g/mol. The number of hydrogen-bond acceptors (Lipinski definition) is 4. The van der Waals surface area contributed by atoms with Crippen molar-refractivity contribution in [2.75, 3.05) is 7.11 Å². The second-order valence-electron chi connectivity index (χ2n) is 5.44. The van der Waals surface area contributed by atoms with Gasteiger partial charge in [-0.25, -0.2) is 9.59 Å². The van der Waals surface area contributed by atoms with Gasteiger partial charge in [-0.15, -0.1) is 0 Å². The van der Waals surface area contributed by atoms with Crippen LogP contribution in [0.15, 0.2) is 0 Å². The molecule has 0 aliphatic rings. The van der Waals surface area contributed by atoms with Crippen molar-refractivity contribution in [3.63, 3.8) is 0 Å². The minimum atomic E-state index is -1.11. The van der Waals surface area contributed by atoms with E-state index in [9.17, 15) is 14.4 Å². The number of carboxylic acids is 1. The Morgan fingerprint density at radius 3 is 2.11 bits per heavy atom. The van der Waals surface area contributed by atoms with Gasteiger partial charge < -0.3 is 20.5 Å². The molecule has 0 aliphatic heterocycles. The number of carboxylic acid groups (broad SMARTS) is 1. The first-order chi connectivity index (χ1) is 8.57. The summed E-state index contributed by atoms with van der Waals surface area (Å²) in [6.45, 7) is 6.77. The number of amides is 2. The standard InChI is InChI=1S/C12H22N2O5/c1-7(6-8(15)19-5)13-11(18)14-9(10(16)17)12(2,3)4/h7,9H,6H2,1-5H3,(H,16,17)(H2,13,14,18)/t7?,9-/m1/s1. The maximum Gasteiger partial charge on any atom is 0.326 e. The SMILES string of the molecule is COC(=O)CC(C)NC(=O)N[C@H](C(=O)O)C(C)(C)C. The lowest BCUT2D eigenvalue weighted by Gasteiger charge is -2.28. The molecule has 0 spiro atoms. The topological polar surface area (TPSA) is 105 Å². The summed E-state index contributed by atoms with van der Waals surface area (Å²) in [7, 11) is 1.26. The van der Waals surface area contributed by atoms with Crippen LogP contribution in [0.1, 0.15) is 34.1 Å². The number of methoxy groups -OCH3 is 1. The van der Waals surface area contributed by atoms with Gasteiger partial charge in [-0.3, -0.25) is 4.79 Å². The number of carbonyl (C=O) groups is 3. The number of nitrogens with one attached hydrogen (secondary N) is 2. The molecular weight excluding hydrogens is 252 g/mol. The Kier molecular flexibility index (Phi) is 6.31. The highest BCUT2D eigenvalue weighted by Crippen LogP contribution is 2.19. The molecule has 19 heavy (non-hydrogen) atoms. The molecule has 110 valence electrons. The summed E-state index contributed by atoms with van der Waals surface area (Å²) >= 11 is 0. The van der Waals surface area contributed by atoms with Crippen molar-refractivity contribution in [2.45, 2.75) is 46.2 Å². The second kappa shape index (κ2) is 6.96. The molecule has 7 heteroatoms. The number of rotatable bonds is 5. The molecule has 0 saturated heterocycles. The fourth-order valence-corrected chi connectivity index (χ4v) is 1.43. The molecule has 0 aliphatic carbocycles. The first-order valence-corrected chi connectivity index (χ1v) is 5.94. The van der Waals surface area contributed by atoms with E-state index in [4.69, 9.17) is 5.11 Å². The van der Waals surface area contributed by atoms with E-state index in [-0.39, 0.29) is 6.42 Å². The first kappa shape index (κ1) is 17.2. The maximum absolute atomic E-state index is 11.6. The predicted molar refractivity (Wildman–Crippen MR) is 68.6 cm³/mol. The zero-order chi connectivity index (χ0) is 15.2. The highest BCUT2D eigenvalue weighted by molar-refractivity contribution is 5.83. The lowest BCUT2D eigenvalue weighted by Crippen LogP contribution is -2.53. The Morgan fingerprint density at radius 2 is 1.74 bits per heavy atom. The van der Waals surface area contributed by atoms with Gasteiger partial charge in [0.25, 0.3) is 0 Å². The lowest BCUT2D eigenvalue weighted by molar-refractivity contribution is -0.142. The Labute approximate surface area is 112 Å². The summed E-state index contributed by atoms with van der Waals surface area (Å²) < 4.78 is 4.47. The second-order valence-corrected chi connectivity index (χ2v) is 5.44. The minimum absolute atomic E-state index is 0.0250. The van der Waals surface area contributed by atoms with Crippen LogP contribution in [0.4, 0.5) is 4.79 Å². The highest BCUT2D eigenvalue weighted by atomic mass is 16.5. The third-order valence-electron chi connectivity index (χ3n) is 2.47. The molecule has 2 amide bonds. The molecule has 0 radical (unpaired) electrons. The van der Waals surface area contributed by atoms with Crippen LogP contribution in [0, 0.1) is 5.41 Å². The third kappa shape index (κ3) is 6.64. The van der Waals surface area contributed by atoms with Crippen molar-refractivity contribution in [2.24, 2.45) is 5.41 Å². The summed E-state index contributed by atoms with van der Waals surface area (Å²) in [5, 5.41) is 13.9. The van der Waals surface area contributed by atoms with Crippen LogP contribution >= 0.6 is 0 Å². The zero-order valence-electron chi connectivity index (χ0n) is 11.9. The van der Waals surface area contributed by atoms with E-state index in [2.05, 4.69) is 15.4 Å². The summed E-state index contributed by atoms with van der Waals surface area (Å²) in [5.74, 6) is -1.55. The Morgan fingerprint density at radius 1 is 1.21 bits per heavy atom. The Bertz CT molecular complexity index is 349. The van der Waals surface area contributed by atoms with E-state index < -0.39 is 35.5 Å². The zero-order valence-corrected chi connectivity index (χ0v) is 11.9. The molecule has 1 unspecified atom stereocenters. The Hall–Kier alpha value is -1.79.